The van der Waals surface area contributed by atoms with Gasteiger partial charge in [0.1, 0.15) is 0 Å². The summed E-state index contributed by atoms with van der Waals surface area (Å²) in [5, 5.41) is 1.24. The summed E-state index contributed by atoms with van der Waals surface area (Å²) >= 11 is 0. The lowest BCUT2D eigenvalue weighted by Crippen LogP contribution is -2.13. The molecule has 2 nitrogen and oxygen atoms in total. The molecule has 1 fully saturated rings. The third-order valence-electron chi connectivity index (χ3n) is 3.69. The fraction of sp³-hybridized carbons (Fsp3) is 0.357. The highest BCUT2D eigenvalue weighted by molar-refractivity contribution is 5.79. The van der Waals surface area contributed by atoms with Crippen LogP contribution in [0.4, 0.5) is 0 Å². The summed E-state index contributed by atoms with van der Waals surface area (Å²) in [5.74, 6) is 0. The van der Waals surface area contributed by atoms with Crippen LogP contribution in [0.3, 0.4) is 0 Å². The number of hydrogen-bond acceptors (Lipinski definition) is 2. The predicted octanol–water partition coefficient (Wildman–Crippen LogP) is 2.62. The van der Waals surface area contributed by atoms with Crippen LogP contribution < -0.4 is 5.73 Å². The highest BCUT2D eigenvalue weighted by atomic mass is 14.6. The Bertz CT molecular complexity index is 515. The van der Waals surface area contributed by atoms with E-state index >= 15 is 0 Å². The van der Waals surface area contributed by atoms with Crippen LogP contribution in [0.25, 0.3) is 10.9 Å². The van der Waals surface area contributed by atoms with Crippen LogP contribution in [0.2, 0.25) is 0 Å². The molecule has 1 aromatic carbocycles. The first-order valence-corrected chi connectivity index (χ1v) is 5.89. The molecule has 2 N–H and O–H groups in total. The molecule has 0 amide bonds. The molecule has 3 rings (SSSR count). The Morgan fingerprint density at radius 2 is 2.12 bits per heavy atom. The fourth-order valence-electron chi connectivity index (χ4n) is 2.52. The van der Waals surface area contributed by atoms with E-state index in [1.54, 1.807) is 0 Å². The van der Waals surface area contributed by atoms with Crippen LogP contribution in [-0.2, 0) is 5.41 Å². The molecule has 0 unspecified atom stereocenters. The molecule has 0 bridgehead atoms. The second kappa shape index (κ2) is 3.56. The Kier molecular flexibility index (Phi) is 2.18. The second-order valence-corrected chi connectivity index (χ2v) is 4.73. The van der Waals surface area contributed by atoms with Gasteiger partial charge in [-0.25, -0.2) is 0 Å². The summed E-state index contributed by atoms with van der Waals surface area (Å²) in [7, 11) is 0. The van der Waals surface area contributed by atoms with Crippen molar-refractivity contribution in [3.05, 3.63) is 42.1 Å². The van der Waals surface area contributed by atoms with Crippen LogP contribution in [0, 0.1) is 0 Å². The van der Waals surface area contributed by atoms with E-state index in [1.807, 2.05) is 12.3 Å². The number of rotatable bonds is 3. The highest BCUT2D eigenvalue weighted by Crippen LogP contribution is 2.51. The van der Waals surface area contributed by atoms with Gasteiger partial charge in [-0.3, -0.25) is 4.98 Å². The molecule has 1 saturated carbocycles. The van der Waals surface area contributed by atoms with Gasteiger partial charge in [-0.05, 0) is 55.0 Å². The Hall–Kier alpha value is -1.41. The molecule has 0 saturated heterocycles. The first-order valence-electron chi connectivity index (χ1n) is 5.89. The van der Waals surface area contributed by atoms with Crippen molar-refractivity contribution in [2.75, 3.05) is 6.54 Å². The van der Waals surface area contributed by atoms with Crippen LogP contribution in [0.5, 0.6) is 0 Å². The number of nitrogens with zero attached hydrogens (tertiary/aromatic N) is 1. The van der Waals surface area contributed by atoms with Gasteiger partial charge in [0, 0.05) is 11.6 Å². The molecule has 0 atom stereocenters. The third kappa shape index (κ3) is 1.50. The molecule has 1 aromatic heterocycles. The molecular weight excluding hydrogens is 196 g/mol. The topological polar surface area (TPSA) is 38.9 Å². The predicted molar refractivity (Wildman–Crippen MR) is 66.3 cm³/mol. The Morgan fingerprint density at radius 1 is 1.25 bits per heavy atom. The first kappa shape index (κ1) is 9.79. The molecule has 1 aliphatic carbocycles. The van der Waals surface area contributed by atoms with Crippen molar-refractivity contribution >= 4 is 10.9 Å². The maximum absolute atomic E-state index is 5.69. The quantitative estimate of drug-likeness (QED) is 0.849. The van der Waals surface area contributed by atoms with Gasteiger partial charge >= 0.3 is 0 Å². The van der Waals surface area contributed by atoms with Crippen molar-refractivity contribution in [2.45, 2.75) is 24.7 Å². The largest absolute Gasteiger partial charge is 0.330 e. The number of hydrogen-bond donors (Lipinski definition) is 1. The molecule has 2 aromatic rings. The van der Waals surface area contributed by atoms with E-state index < -0.39 is 0 Å². The van der Waals surface area contributed by atoms with E-state index in [4.69, 9.17) is 5.73 Å². The number of pyridine rings is 1. The fourth-order valence-corrected chi connectivity index (χ4v) is 2.52. The second-order valence-electron chi connectivity index (χ2n) is 4.73. The molecular formula is C14H16N2. The van der Waals surface area contributed by atoms with Gasteiger partial charge in [0.25, 0.3) is 0 Å². The number of benzene rings is 1. The standard InChI is InChI=1S/C14H16N2/c15-8-7-14(5-6-14)12-3-4-13-11(10-12)2-1-9-16-13/h1-4,9-10H,5-8,15H2. The minimum absolute atomic E-state index is 0.388. The maximum atomic E-state index is 5.69. The lowest BCUT2D eigenvalue weighted by molar-refractivity contribution is 0.630. The van der Waals surface area contributed by atoms with Crippen molar-refractivity contribution < 1.29 is 0 Å². The van der Waals surface area contributed by atoms with Crippen molar-refractivity contribution in [3.63, 3.8) is 0 Å². The number of fused-ring (bicyclic) bond motifs is 1. The molecule has 0 spiro atoms. The zero-order chi connectivity index (χ0) is 11.0. The van der Waals surface area contributed by atoms with E-state index in [0.29, 0.717) is 5.41 Å². The van der Waals surface area contributed by atoms with Crippen molar-refractivity contribution in [1.82, 2.24) is 4.98 Å². The Labute approximate surface area is 95.5 Å². The van der Waals surface area contributed by atoms with Crippen molar-refractivity contribution in [2.24, 2.45) is 5.73 Å². The van der Waals surface area contributed by atoms with Gasteiger partial charge in [0.05, 0.1) is 5.52 Å². The highest BCUT2D eigenvalue weighted by Gasteiger charge is 2.43. The molecule has 0 radical (unpaired) electrons. The summed E-state index contributed by atoms with van der Waals surface area (Å²) in [6.45, 7) is 0.783. The van der Waals surface area contributed by atoms with E-state index in [-0.39, 0.29) is 0 Å². The Morgan fingerprint density at radius 3 is 2.88 bits per heavy atom. The minimum Gasteiger partial charge on any atom is -0.330 e. The van der Waals surface area contributed by atoms with Crippen LogP contribution in [0.1, 0.15) is 24.8 Å². The zero-order valence-corrected chi connectivity index (χ0v) is 9.32. The van der Waals surface area contributed by atoms with Gasteiger partial charge in [-0.15, -0.1) is 0 Å². The summed E-state index contributed by atoms with van der Waals surface area (Å²) in [6, 6.07) is 10.8. The smallest absolute Gasteiger partial charge is 0.0702 e. The lowest BCUT2D eigenvalue weighted by atomic mass is 9.91. The average molecular weight is 212 g/mol. The van der Waals surface area contributed by atoms with E-state index in [0.717, 1.165) is 18.5 Å². The lowest BCUT2D eigenvalue weighted by Gasteiger charge is -2.14. The van der Waals surface area contributed by atoms with E-state index in [1.165, 1.54) is 23.8 Å². The number of nitrogens with two attached hydrogens (primary N) is 1. The normalized spacial score (nSPS) is 17.6. The van der Waals surface area contributed by atoms with Gasteiger partial charge < -0.3 is 5.73 Å². The van der Waals surface area contributed by atoms with Gasteiger partial charge in [-0.2, -0.15) is 0 Å². The maximum Gasteiger partial charge on any atom is 0.0702 e. The van der Waals surface area contributed by atoms with Gasteiger partial charge in [0.2, 0.25) is 0 Å². The van der Waals surface area contributed by atoms with E-state index in [9.17, 15) is 0 Å². The van der Waals surface area contributed by atoms with Crippen molar-refractivity contribution in [3.8, 4) is 0 Å². The summed E-state index contributed by atoms with van der Waals surface area (Å²) in [5.41, 5.74) is 8.60. The van der Waals surface area contributed by atoms with Crippen LogP contribution in [-0.4, -0.2) is 11.5 Å². The van der Waals surface area contributed by atoms with Gasteiger partial charge in [0.15, 0.2) is 0 Å². The summed E-state index contributed by atoms with van der Waals surface area (Å²) < 4.78 is 0. The zero-order valence-electron chi connectivity index (χ0n) is 9.32. The van der Waals surface area contributed by atoms with E-state index in [2.05, 4.69) is 29.2 Å². The molecule has 2 heteroatoms. The third-order valence-corrected chi connectivity index (χ3v) is 3.69. The summed E-state index contributed by atoms with van der Waals surface area (Å²) in [4.78, 5) is 4.35. The molecule has 82 valence electrons. The summed E-state index contributed by atoms with van der Waals surface area (Å²) in [6.07, 6.45) is 5.53. The monoisotopic (exact) mass is 212 g/mol. The van der Waals surface area contributed by atoms with Crippen LogP contribution in [0.15, 0.2) is 36.5 Å². The molecule has 16 heavy (non-hydrogen) atoms. The number of aromatic nitrogens is 1. The SMILES string of the molecule is NCCC1(c2ccc3ncccc3c2)CC1. The van der Waals surface area contributed by atoms with Crippen LogP contribution >= 0.6 is 0 Å². The molecule has 1 aliphatic rings. The average Bonchev–Trinajstić information content (AvgIpc) is 3.10. The minimum atomic E-state index is 0.388. The molecule has 1 heterocycles. The van der Waals surface area contributed by atoms with Gasteiger partial charge in [-0.1, -0.05) is 12.1 Å². The first-order chi connectivity index (χ1) is 7.84. The van der Waals surface area contributed by atoms with Crippen molar-refractivity contribution in [1.29, 1.82) is 0 Å². The molecule has 0 aliphatic heterocycles. The Balaban J connectivity index is 2.05.